The highest BCUT2D eigenvalue weighted by molar-refractivity contribution is 7.23. The highest BCUT2D eigenvalue weighted by Crippen LogP contribution is 2.39. The van der Waals surface area contributed by atoms with Gasteiger partial charge in [-0.25, -0.2) is 4.98 Å². The Kier molecular flexibility index (Phi) is 7.84. The molecule has 0 saturated carbocycles. The maximum Gasteiger partial charge on any atom is 0.257 e. The molecule has 1 fully saturated rings. The number of nitrogens with one attached hydrogen (secondary N) is 1. The van der Waals surface area contributed by atoms with Crippen LogP contribution in [-0.4, -0.2) is 80.3 Å². The maximum atomic E-state index is 12.9. The molecule has 35 heavy (non-hydrogen) atoms. The van der Waals surface area contributed by atoms with Gasteiger partial charge in [0.1, 0.15) is 23.2 Å². The molecule has 1 unspecified atom stereocenters. The lowest BCUT2D eigenvalue weighted by Gasteiger charge is -2.29. The molecular formula is C25H31N5O4S. The molecule has 1 aliphatic rings. The lowest BCUT2D eigenvalue weighted by Crippen LogP contribution is -2.36. The van der Waals surface area contributed by atoms with Gasteiger partial charge in [-0.3, -0.25) is 15.1 Å². The average Bonchev–Trinajstić information content (AvgIpc) is 3.27. The van der Waals surface area contributed by atoms with E-state index in [0.29, 0.717) is 42.0 Å². The molecule has 4 rings (SSSR count). The number of fused-ring (bicyclic) bond motifs is 1. The standard InChI is InChI=1S/C25H31N5O4S/c1-16(31)23(29(2)3)26-15-17-5-7-18(8-6-17)24(32)28-25-27-21-20(33-4)10-9-19(22(21)35-25)30-11-13-34-14-12-30/h5-10,16,31H,11-15H2,1-4H3,(H,27,28,32). The van der Waals surface area contributed by atoms with Gasteiger partial charge >= 0.3 is 0 Å². The normalized spacial score (nSPS) is 15.2. The number of amidine groups is 1. The second-order valence-corrected chi connectivity index (χ2v) is 9.48. The summed E-state index contributed by atoms with van der Waals surface area (Å²) in [5, 5.41) is 13.3. The number of aliphatic hydroxyl groups is 1. The number of hydrogen-bond donors (Lipinski definition) is 2. The summed E-state index contributed by atoms with van der Waals surface area (Å²) < 4.78 is 12.0. The van der Waals surface area contributed by atoms with Crippen molar-refractivity contribution in [1.82, 2.24) is 9.88 Å². The number of amides is 1. The molecule has 1 atom stereocenters. The molecule has 186 valence electrons. The van der Waals surface area contributed by atoms with Gasteiger partial charge in [-0.1, -0.05) is 23.5 Å². The van der Waals surface area contributed by atoms with Gasteiger partial charge in [0.25, 0.3) is 5.91 Å². The van der Waals surface area contributed by atoms with Crippen molar-refractivity contribution >= 4 is 44.1 Å². The third-order valence-corrected chi connectivity index (χ3v) is 6.74. The van der Waals surface area contributed by atoms with Crippen LogP contribution in [0.15, 0.2) is 41.4 Å². The zero-order valence-electron chi connectivity index (χ0n) is 20.4. The Hall–Kier alpha value is -3.21. The number of anilines is 2. The zero-order chi connectivity index (χ0) is 24.9. The van der Waals surface area contributed by atoms with Gasteiger partial charge in [-0.2, -0.15) is 0 Å². The number of carbonyl (C=O) groups is 1. The molecule has 2 N–H and O–H groups in total. The van der Waals surface area contributed by atoms with Crippen molar-refractivity contribution in [3.05, 3.63) is 47.5 Å². The Morgan fingerprint density at radius 2 is 1.97 bits per heavy atom. The fourth-order valence-corrected chi connectivity index (χ4v) is 5.01. The third-order valence-electron chi connectivity index (χ3n) is 5.75. The topological polar surface area (TPSA) is 99.5 Å². The number of methoxy groups -OCH3 is 1. The molecule has 0 bridgehead atoms. The van der Waals surface area contributed by atoms with E-state index in [-0.39, 0.29) is 5.91 Å². The van der Waals surface area contributed by atoms with Crippen LogP contribution in [0, 0.1) is 0 Å². The first-order chi connectivity index (χ1) is 16.9. The van der Waals surface area contributed by atoms with E-state index >= 15 is 0 Å². The number of aliphatic imine (C=N–C) groups is 1. The number of likely N-dealkylation sites (N-methyl/N-ethyl adjacent to an activating group) is 1. The van der Waals surface area contributed by atoms with Gasteiger partial charge in [-0.05, 0) is 36.8 Å². The summed E-state index contributed by atoms with van der Waals surface area (Å²) in [6.45, 7) is 5.10. The summed E-state index contributed by atoms with van der Waals surface area (Å²) >= 11 is 1.44. The van der Waals surface area contributed by atoms with Crippen molar-refractivity contribution in [2.24, 2.45) is 4.99 Å². The van der Waals surface area contributed by atoms with E-state index in [4.69, 9.17) is 9.47 Å². The first-order valence-corrected chi connectivity index (χ1v) is 12.3. The van der Waals surface area contributed by atoms with Crippen molar-refractivity contribution in [2.45, 2.75) is 19.6 Å². The van der Waals surface area contributed by atoms with Crippen molar-refractivity contribution in [1.29, 1.82) is 0 Å². The first kappa shape index (κ1) is 24.9. The van der Waals surface area contributed by atoms with Crippen LogP contribution >= 0.6 is 11.3 Å². The number of rotatable bonds is 7. The van der Waals surface area contributed by atoms with Crippen molar-refractivity contribution < 1.29 is 19.4 Å². The smallest absolute Gasteiger partial charge is 0.257 e. The molecule has 0 spiro atoms. The number of ether oxygens (including phenoxy) is 2. The number of carbonyl (C=O) groups excluding carboxylic acids is 1. The second-order valence-electron chi connectivity index (χ2n) is 8.48. The highest BCUT2D eigenvalue weighted by Gasteiger charge is 2.20. The van der Waals surface area contributed by atoms with Crippen molar-refractivity contribution in [3.8, 4) is 5.75 Å². The molecular weight excluding hydrogens is 466 g/mol. The van der Waals surface area contributed by atoms with E-state index in [9.17, 15) is 9.90 Å². The molecule has 0 aliphatic carbocycles. The van der Waals surface area contributed by atoms with Crippen LogP contribution in [0.1, 0.15) is 22.8 Å². The predicted octanol–water partition coefficient (Wildman–Crippen LogP) is 3.23. The number of hydrogen-bond acceptors (Lipinski definition) is 8. The SMILES string of the molecule is COc1ccc(N2CCOCC2)c2sc(NC(=O)c3ccc(CN=C(C(C)O)N(C)C)cc3)nc12. The summed E-state index contributed by atoms with van der Waals surface area (Å²) in [5.74, 6) is 1.05. The number of morpholine rings is 1. The quantitative estimate of drug-likeness (QED) is 0.382. The Morgan fingerprint density at radius 3 is 2.60 bits per heavy atom. The molecule has 0 radical (unpaired) electrons. The van der Waals surface area contributed by atoms with E-state index < -0.39 is 6.10 Å². The average molecular weight is 498 g/mol. The van der Waals surface area contributed by atoms with Gasteiger partial charge in [0.05, 0.1) is 37.3 Å². The summed E-state index contributed by atoms with van der Waals surface area (Å²) in [5.41, 5.74) is 3.28. The molecule has 2 aromatic carbocycles. The van der Waals surface area contributed by atoms with Gasteiger partial charge in [-0.15, -0.1) is 0 Å². The number of nitrogens with zero attached hydrogens (tertiary/aromatic N) is 4. The molecule has 1 amide bonds. The van der Waals surface area contributed by atoms with E-state index in [1.807, 2.05) is 38.4 Å². The van der Waals surface area contributed by atoms with Gasteiger partial charge < -0.3 is 24.4 Å². The van der Waals surface area contributed by atoms with Crippen LogP contribution in [0.4, 0.5) is 10.8 Å². The minimum absolute atomic E-state index is 0.232. The third kappa shape index (κ3) is 5.72. The molecule has 1 aromatic heterocycles. The van der Waals surface area contributed by atoms with E-state index in [2.05, 4.69) is 20.2 Å². The summed E-state index contributed by atoms with van der Waals surface area (Å²) in [7, 11) is 5.32. The fourth-order valence-electron chi connectivity index (χ4n) is 3.99. The summed E-state index contributed by atoms with van der Waals surface area (Å²) in [6, 6.07) is 11.2. The zero-order valence-corrected chi connectivity index (χ0v) is 21.3. The number of aromatic nitrogens is 1. The minimum atomic E-state index is -0.647. The lowest BCUT2D eigenvalue weighted by molar-refractivity contribution is 0.102. The predicted molar refractivity (Wildman–Crippen MR) is 140 cm³/mol. The van der Waals surface area contributed by atoms with Crippen LogP contribution in [0.25, 0.3) is 10.2 Å². The van der Waals surface area contributed by atoms with E-state index in [1.54, 1.807) is 31.1 Å². The number of thiazole rings is 1. The Balaban J connectivity index is 1.51. The molecule has 1 aliphatic heterocycles. The molecule has 3 aromatic rings. The van der Waals surface area contributed by atoms with Crippen LogP contribution in [0.3, 0.4) is 0 Å². The van der Waals surface area contributed by atoms with Crippen LogP contribution < -0.4 is 15.0 Å². The molecule has 10 heteroatoms. The molecule has 1 saturated heterocycles. The van der Waals surface area contributed by atoms with Gasteiger partial charge in [0.2, 0.25) is 0 Å². The van der Waals surface area contributed by atoms with Crippen LogP contribution in [-0.2, 0) is 11.3 Å². The Labute approximate surface area is 209 Å². The molecule has 2 heterocycles. The van der Waals surface area contributed by atoms with E-state index in [0.717, 1.165) is 34.6 Å². The number of aliphatic hydroxyl groups excluding tert-OH is 1. The fraction of sp³-hybridized carbons (Fsp3) is 0.400. The van der Waals surface area contributed by atoms with Crippen molar-refractivity contribution in [2.75, 3.05) is 57.7 Å². The van der Waals surface area contributed by atoms with E-state index in [1.165, 1.54) is 11.3 Å². The first-order valence-electron chi connectivity index (χ1n) is 11.5. The van der Waals surface area contributed by atoms with Gasteiger partial charge in [0, 0.05) is 32.7 Å². The summed E-state index contributed by atoms with van der Waals surface area (Å²) in [4.78, 5) is 26.1. The van der Waals surface area contributed by atoms with Crippen LogP contribution in [0.2, 0.25) is 0 Å². The molecule has 9 nitrogen and oxygen atoms in total. The minimum Gasteiger partial charge on any atom is -0.494 e. The largest absolute Gasteiger partial charge is 0.494 e. The van der Waals surface area contributed by atoms with Crippen molar-refractivity contribution in [3.63, 3.8) is 0 Å². The monoisotopic (exact) mass is 497 g/mol. The highest BCUT2D eigenvalue weighted by atomic mass is 32.1. The second kappa shape index (κ2) is 11.0. The van der Waals surface area contributed by atoms with Gasteiger partial charge in [0.15, 0.2) is 5.13 Å². The van der Waals surface area contributed by atoms with Crippen LogP contribution in [0.5, 0.6) is 5.75 Å². The summed E-state index contributed by atoms with van der Waals surface area (Å²) in [6.07, 6.45) is -0.647. The Morgan fingerprint density at radius 1 is 1.26 bits per heavy atom. The maximum absolute atomic E-state index is 12.9. The Bertz CT molecular complexity index is 1190. The number of benzene rings is 2. The lowest BCUT2D eigenvalue weighted by atomic mass is 10.1.